The number of hydrogen-bond donors (Lipinski definition) is 1. The Labute approximate surface area is 120 Å². The summed E-state index contributed by atoms with van der Waals surface area (Å²) >= 11 is 6.25. The van der Waals surface area contributed by atoms with Crippen molar-refractivity contribution >= 4 is 21.4 Å². The molecule has 1 rings (SSSR count). The van der Waals surface area contributed by atoms with Gasteiger partial charge in [-0.1, -0.05) is 18.5 Å². The van der Waals surface area contributed by atoms with E-state index in [0.29, 0.717) is 11.4 Å². The fraction of sp³-hybridized carbons (Fsp3) is 0.750. The van der Waals surface area contributed by atoms with Crippen molar-refractivity contribution in [2.24, 2.45) is 12.8 Å². The van der Waals surface area contributed by atoms with Crippen LogP contribution in [0.1, 0.15) is 32.2 Å². The Morgan fingerprint density at radius 2 is 2.00 bits per heavy atom. The van der Waals surface area contributed by atoms with Gasteiger partial charge in [-0.25, -0.2) is 8.42 Å². The lowest BCUT2D eigenvalue weighted by molar-refractivity contribution is 0.473. The molecular weight excluding hydrogens is 286 g/mol. The molecule has 0 saturated heterocycles. The zero-order valence-corrected chi connectivity index (χ0v) is 13.6. The molecule has 1 aromatic heterocycles. The number of sulfone groups is 1. The predicted octanol–water partition coefficient (Wildman–Crippen LogP) is 1.33. The standard InChI is InChI=1S/C12H22ClN3O2S/c1-6-8-11(13)9(16(4)15-8)7-10(14)12(2,3)19(5,17)18/h10H,6-7,14H2,1-5H3. The van der Waals surface area contributed by atoms with Crippen molar-refractivity contribution in [1.29, 1.82) is 0 Å². The van der Waals surface area contributed by atoms with Crippen LogP contribution in [0.15, 0.2) is 0 Å². The van der Waals surface area contributed by atoms with Crippen molar-refractivity contribution in [2.45, 2.75) is 44.4 Å². The molecule has 0 bridgehead atoms. The van der Waals surface area contributed by atoms with E-state index in [1.54, 1.807) is 25.6 Å². The number of nitrogens with two attached hydrogens (primary N) is 1. The van der Waals surface area contributed by atoms with Gasteiger partial charge in [0.2, 0.25) is 0 Å². The summed E-state index contributed by atoms with van der Waals surface area (Å²) in [5.41, 5.74) is 7.67. The Hall–Kier alpha value is -0.590. The van der Waals surface area contributed by atoms with Crippen molar-refractivity contribution in [3.63, 3.8) is 0 Å². The average molecular weight is 308 g/mol. The van der Waals surface area contributed by atoms with Crippen molar-refractivity contribution in [3.8, 4) is 0 Å². The smallest absolute Gasteiger partial charge is 0.154 e. The van der Waals surface area contributed by atoms with E-state index in [1.807, 2.05) is 6.92 Å². The van der Waals surface area contributed by atoms with Crippen LogP contribution in [0.2, 0.25) is 5.02 Å². The summed E-state index contributed by atoms with van der Waals surface area (Å²) in [6, 6.07) is -0.542. The molecule has 0 aromatic carbocycles. The largest absolute Gasteiger partial charge is 0.326 e. The Kier molecular flexibility index (Phi) is 4.70. The van der Waals surface area contributed by atoms with Gasteiger partial charge in [0.05, 0.1) is 21.2 Å². The van der Waals surface area contributed by atoms with E-state index in [4.69, 9.17) is 17.3 Å². The molecule has 1 atom stereocenters. The van der Waals surface area contributed by atoms with Crippen molar-refractivity contribution in [1.82, 2.24) is 9.78 Å². The molecular formula is C12H22ClN3O2S. The summed E-state index contributed by atoms with van der Waals surface area (Å²) in [6.45, 7) is 5.24. The highest BCUT2D eigenvalue weighted by Crippen LogP contribution is 2.26. The van der Waals surface area contributed by atoms with Crippen LogP contribution < -0.4 is 5.73 Å². The minimum atomic E-state index is -3.24. The minimum Gasteiger partial charge on any atom is -0.326 e. The number of nitrogens with zero attached hydrogens (tertiary/aromatic N) is 2. The molecule has 110 valence electrons. The zero-order chi connectivity index (χ0) is 15.0. The first-order valence-corrected chi connectivity index (χ1v) is 8.44. The molecule has 19 heavy (non-hydrogen) atoms. The Balaban J connectivity index is 3.08. The SMILES string of the molecule is CCc1nn(C)c(CC(N)C(C)(C)S(C)(=O)=O)c1Cl. The fourth-order valence-electron chi connectivity index (χ4n) is 1.77. The maximum absolute atomic E-state index is 11.8. The van der Waals surface area contributed by atoms with Gasteiger partial charge in [-0.2, -0.15) is 5.10 Å². The van der Waals surface area contributed by atoms with E-state index >= 15 is 0 Å². The molecule has 2 N–H and O–H groups in total. The van der Waals surface area contributed by atoms with Gasteiger partial charge >= 0.3 is 0 Å². The van der Waals surface area contributed by atoms with Crippen LogP contribution in [0.4, 0.5) is 0 Å². The molecule has 1 unspecified atom stereocenters. The molecule has 0 amide bonds. The summed E-state index contributed by atoms with van der Waals surface area (Å²) in [6.07, 6.45) is 2.31. The molecule has 0 spiro atoms. The van der Waals surface area contributed by atoms with Crippen LogP contribution >= 0.6 is 11.6 Å². The molecule has 1 aromatic rings. The predicted molar refractivity (Wildman–Crippen MR) is 78.2 cm³/mol. The normalized spacial score (nSPS) is 14.7. The molecule has 0 aliphatic carbocycles. The molecule has 0 radical (unpaired) electrons. The zero-order valence-electron chi connectivity index (χ0n) is 12.1. The monoisotopic (exact) mass is 307 g/mol. The summed E-state index contributed by atoms with van der Waals surface area (Å²) in [5.74, 6) is 0. The van der Waals surface area contributed by atoms with E-state index in [2.05, 4.69) is 5.10 Å². The highest BCUT2D eigenvalue weighted by Gasteiger charge is 2.37. The quantitative estimate of drug-likeness (QED) is 0.890. The molecule has 7 heteroatoms. The molecule has 1 heterocycles. The van der Waals surface area contributed by atoms with Crippen molar-refractivity contribution < 1.29 is 8.42 Å². The third-order valence-electron chi connectivity index (χ3n) is 3.76. The van der Waals surface area contributed by atoms with Gasteiger partial charge < -0.3 is 5.73 Å². The first-order valence-electron chi connectivity index (χ1n) is 6.17. The van der Waals surface area contributed by atoms with Crippen molar-refractivity contribution in [3.05, 3.63) is 16.4 Å². The van der Waals surface area contributed by atoms with Crippen LogP contribution in [0, 0.1) is 0 Å². The first-order chi connectivity index (χ1) is 8.52. The number of hydrogen-bond acceptors (Lipinski definition) is 4. The highest BCUT2D eigenvalue weighted by molar-refractivity contribution is 7.92. The number of halogens is 1. The third kappa shape index (κ3) is 3.12. The van der Waals surface area contributed by atoms with Crippen LogP contribution in [0.25, 0.3) is 0 Å². The fourth-order valence-corrected chi connectivity index (χ4v) is 2.77. The van der Waals surface area contributed by atoms with Gasteiger partial charge in [0.1, 0.15) is 0 Å². The van der Waals surface area contributed by atoms with E-state index in [1.165, 1.54) is 6.26 Å². The molecule has 5 nitrogen and oxygen atoms in total. The van der Waals surface area contributed by atoms with Gasteiger partial charge in [-0.15, -0.1) is 0 Å². The Morgan fingerprint density at radius 3 is 2.37 bits per heavy atom. The summed E-state index contributed by atoms with van der Waals surface area (Å²) in [7, 11) is -1.45. The molecule has 0 aliphatic rings. The lowest BCUT2D eigenvalue weighted by Crippen LogP contribution is -2.50. The second kappa shape index (κ2) is 5.42. The van der Waals surface area contributed by atoms with Crippen LogP contribution in [-0.4, -0.2) is 35.2 Å². The second-order valence-corrected chi connectivity index (χ2v) is 8.35. The maximum atomic E-state index is 11.8. The average Bonchev–Trinajstić information content (AvgIpc) is 2.54. The van der Waals surface area contributed by atoms with E-state index in [9.17, 15) is 8.42 Å². The topological polar surface area (TPSA) is 78.0 Å². The van der Waals surface area contributed by atoms with Crippen LogP contribution in [0.5, 0.6) is 0 Å². The van der Waals surface area contributed by atoms with Gasteiger partial charge in [0.15, 0.2) is 9.84 Å². The first kappa shape index (κ1) is 16.5. The molecule has 0 fully saturated rings. The van der Waals surface area contributed by atoms with Gasteiger partial charge in [0, 0.05) is 25.8 Å². The van der Waals surface area contributed by atoms with Gasteiger partial charge in [-0.3, -0.25) is 4.68 Å². The Morgan fingerprint density at radius 1 is 1.47 bits per heavy atom. The van der Waals surface area contributed by atoms with Crippen LogP contribution in [-0.2, 0) is 29.7 Å². The maximum Gasteiger partial charge on any atom is 0.154 e. The third-order valence-corrected chi connectivity index (χ3v) is 6.42. The summed E-state index contributed by atoms with van der Waals surface area (Å²) in [4.78, 5) is 0. The molecule has 0 saturated carbocycles. The summed E-state index contributed by atoms with van der Waals surface area (Å²) < 4.78 is 24.2. The van der Waals surface area contributed by atoms with E-state index in [-0.39, 0.29) is 0 Å². The second-order valence-electron chi connectivity index (χ2n) is 5.37. The number of aryl methyl sites for hydroxylation is 2. The van der Waals surface area contributed by atoms with Gasteiger partial charge in [-0.05, 0) is 20.3 Å². The Bertz CT molecular complexity index is 564. The van der Waals surface area contributed by atoms with Crippen LogP contribution in [0.3, 0.4) is 0 Å². The number of aromatic nitrogens is 2. The van der Waals surface area contributed by atoms with E-state index in [0.717, 1.165) is 17.8 Å². The summed E-state index contributed by atoms with van der Waals surface area (Å²) in [5, 5.41) is 4.89. The van der Waals surface area contributed by atoms with Crippen molar-refractivity contribution in [2.75, 3.05) is 6.26 Å². The molecule has 0 aliphatic heterocycles. The number of rotatable bonds is 5. The van der Waals surface area contributed by atoms with E-state index < -0.39 is 20.6 Å². The van der Waals surface area contributed by atoms with Gasteiger partial charge in [0.25, 0.3) is 0 Å². The highest BCUT2D eigenvalue weighted by atomic mass is 35.5. The lowest BCUT2D eigenvalue weighted by Gasteiger charge is -2.29. The minimum absolute atomic E-state index is 0.377. The lowest BCUT2D eigenvalue weighted by atomic mass is 9.99.